The van der Waals surface area contributed by atoms with Crippen molar-refractivity contribution in [1.82, 2.24) is 24.7 Å². The number of hydrogen-bond acceptors (Lipinski definition) is 7. The molecule has 3 N–H and O–H groups in total. The minimum absolute atomic E-state index is 0.230. The van der Waals surface area contributed by atoms with Gasteiger partial charge in [0.25, 0.3) is 0 Å². The number of allylic oxidation sites excluding steroid dienone is 4. The number of nitrogens with one attached hydrogen (secondary N) is 3. The van der Waals surface area contributed by atoms with Crippen molar-refractivity contribution in [2.24, 2.45) is 0 Å². The quantitative estimate of drug-likeness (QED) is 0.125. The molecule has 3 aromatic heterocycles. The molecule has 47 heavy (non-hydrogen) atoms. The first-order chi connectivity index (χ1) is 22.5. The number of anilines is 4. The summed E-state index contributed by atoms with van der Waals surface area (Å²) < 4.78 is 7.90. The van der Waals surface area contributed by atoms with Crippen LogP contribution in [0.3, 0.4) is 0 Å². The zero-order chi connectivity index (χ0) is 33.6. The molecular formula is C37H40N8O2. The van der Waals surface area contributed by atoms with E-state index in [1.807, 2.05) is 80.6 Å². The fourth-order valence-electron chi connectivity index (χ4n) is 4.70. The van der Waals surface area contributed by atoms with E-state index in [-0.39, 0.29) is 5.41 Å². The average molecular weight is 629 g/mol. The van der Waals surface area contributed by atoms with Crippen molar-refractivity contribution in [2.45, 2.75) is 53.1 Å². The summed E-state index contributed by atoms with van der Waals surface area (Å²) in [6.07, 6.45) is 9.62. The molecule has 0 bridgehead atoms. The zero-order valence-electron chi connectivity index (χ0n) is 27.5. The second kappa shape index (κ2) is 14.1. The second-order valence-electron chi connectivity index (χ2n) is 12.2. The highest BCUT2D eigenvalue weighted by atomic mass is 16.5. The van der Waals surface area contributed by atoms with Crippen molar-refractivity contribution in [3.05, 3.63) is 121 Å². The summed E-state index contributed by atoms with van der Waals surface area (Å²) in [5.74, 6) is 2.48. The summed E-state index contributed by atoms with van der Waals surface area (Å²) >= 11 is 0. The lowest BCUT2D eigenvalue weighted by Gasteiger charge is -2.15. The second-order valence-corrected chi connectivity index (χ2v) is 12.2. The fourth-order valence-corrected chi connectivity index (χ4v) is 4.70. The Hall–Kier alpha value is -5.77. The first-order valence-corrected chi connectivity index (χ1v) is 15.4. The third-order valence-electron chi connectivity index (χ3n) is 7.21. The minimum Gasteiger partial charge on any atom is -0.488 e. The molecule has 3 heterocycles. The Kier molecular flexibility index (Phi) is 9.80. The van der Waals surface area contributed by atoms with Gasteiger partial charge in [0.15, 0.2) is 0 Å². The maximum Gasteiger partial charge on any atom is 0.324 e. The number of ether oxygens (including phenoxy) is 1. The highest BCUT2D eigenvalue weighted by Crippen LogP contribution is 2.33. The van der Waals surface area contributed by atoms with Crippen molar-refractivity contribution >= 4 is 45.6 Å². The van der Waals surface area contributed by atoms with Crippen LogP contribution in [0.2, 0.25) is 0 Å². The number of aromatic nitrogens is 5. The number of carbonyl (C=O) groups is 1. The van der Waals surface area contributed by atoms with E-state index in [2.05, 4.69) is 64.8 Å². The standard InChI is InChI=1S/C37H40N8O2/c1-8-27-21-38-22-34(40-27)42-33-19-26(17-18-39-33)23-47-31-16-15-30(28-11-9-10-12-29(28)31)41-36(46)43-35-20-32(37(5,6)7)44-45(35)25(4)14-13-24(2)3/h9-22H,2,4,8,23H2,1,3,5-7H3,(H,39,40,42)(H2,41,43,46). The predicted octanol–water partition coefficient (Wildman–Crippen LogP) is 8.65. The summed E-state index contributed by atoms with van der Waals surface area (Å²) in [4.78, 5) is 26.5. The van der Waals surface area contributed by atoms with Crippen LogP contribution in [0, 0.1) is 0 Å². The van der Waals surface area contributed by atoms with E-state index in [9.17, 15) is 4.79 Å². The molecule has 0 unspecified atom stereocenters. The third kappa shape index (κ3) is 8.29. The third-order valence-corrected chi connectivity index (χ3v) is 7.21. The van der Waals surface area contributed by atoms with Gasteiger partial charge < -0.3 is 15.4 Å². The van der Waals surface area contributed by atoms with Gasteiger partial charge in [0.1, 0.15) is 29.8 Å². The van der Waals surface area contributed by atoms with Crippen LogP contribution in [-0.2, 0) is 18.4 Å². The van der Waals surface area contributed by atoms with E-state index in [0.29, 0.717) is 41.2 Å². The Morgan fingerprint density at radius 1 is 0.979 bits per heavy atom. The Morgan fingerprint density at radius 2 is 1.77 bits per heavy atom. The number of fused-ring (bicyclic) bond motifs is 1. The van der Waals surface area contributed by atoms with Crippen LogP contribution in [0.4, 0.5) is 27.9 Å². The van der Waals surface area contributed by atoms with Gasteiger partial charge in [0.2, 0.25) is 0 Å². The number of amides is 2. The zero-order valence-corrected chi connectivity index (χ0v) is 27.5. The number of benzene rings is 2. The van der Waals surface area contributed by atoms with Gasteiger partial charge in [-0.15, -0.1) is 0 Å². The Balaban J connectivity index is 1.31. The summed E-state index contributed by atoms with van der Waals surface area (Å²) in [6, 6.07) is 16.8. The van der Waals surface area contributed by atoms with E-state index < -0.39 is 6.03 Å². The van der Waals surface area contributed by atoms with Crippen molar-refractivity contribution in [3.8, 4) is 5.75 Å². The van der Waals surface area contributed by atoms with Crippen LogP contribution in [0.5, 0.6) is 5.75 Å². The summed E-state index contributed by atoms with van der Waals surface area (Å²) in [6.45, 7) is 18.5. The van der Waals surface area contributed by atoms with Crippen LogP contribution in [-0.4, -0.2) is 30.8 Å². The van der Waals surface area contributed by atoms with Gasteiger partial charge >= 0.3 is 6.03 Å². The lowest BCUT2D eigenvalue weighted by atomic mass is 9.92. The number of nitrogens with zero attached hydrogens (tertiary/aromatic N) is 5. The molecule has 0 radical (unpaired) electrons. The van der Waals surface area contributed by atoms with Crippen molar-refractivity contribution in [2.75, 3.05) is 16.0 Å². The molecule has 5 rings (SSSR count). The van der Waals surface area contributed by atoms with E-state index in [1.54, 1.807) is 23.3 Å². The number of rotatable bonds is 11. The van der Waals surface area contributed by atoms with Crippen molar-refractivity contribution in [3.63, 3.8) is 0 Å². The van der Waals surface area contributed by atoms with E-state index in [0.717, 1.165) is 39.7 Å². The largest absolute Gasteiger partial charge is 0.488 e. The van der Waals surface area contributed by atoms with Gasteiger partial charge in [-0.3, -0.25) is 10.3 Å². The van der Waals surface area contributed by atoms with Gasteiger partial charge in [-0.1, -0.05) is 76.8 Å². The number of hydrogen-bond donors (Lipinski definition) is 3. The average Bonchev–Trinajstić information content (AvgIpc) is 3.48. The monoisotopic (exact) mass is 628 g/mol. The van der Waals surface area contributed by atoms with E-state index >= 15 is 0 Å². The lowest BCUT2D eigenvalue weighted by Crippen LogP contribution is -2.21. The highest BCUT2D eigenvalue weighted by Gasteiger charge is 2.22. The lowest BCUT2D eigenvalue weighted by molar-refractivity contribution is 0.262. The van der Waals surface area contributed by atoms with Crippen LogP contribution in [0.15, 0.2) is 104 Å². The molecule has 10 nitrogen and oxygen atoms in total. The summed E-state index contributed by atoms with van der Waals surface area (Å²) in [5.41, 5.74) is 4.54. The smallest absolute Gasteiger partial charge is 0.324 e. The molecule has 0 saturated carbocycles. The maximum atomic E-state index is 13.3. The molecule has 240 valence electrons. The number of pyridine rings is 1. The topological polar surface area (TPSA) is 119 Å². The number of urea groups is 1. The van der Waals surface area contributed by atoms with Crippen LogP contribution in [0.25, 0.3) is 16.5 Å². The van der Waals surface area contributed by atoms with Gasteiger partial charge in [-0.2, -0.15) is 5.10 Å². The summed E-state index contributed by atoms with van der Waals surface area (Å²) in [5, 5.41) is 15.6. The first kappa shape index (κ1) is 32.6. The molecule has 0 aliphatic carbocycles. The molecule has 10 heteroatoms. The van der Waals surface area contributed by atoms with E-state index in [1.165, 1.54) is 0 Å². The molecule has 0 aliphatic heterocycles. The predicted molar refractivity (Wildman–Crippen MR) is 190 cm³/mol. The Morgan fingerprint density at radius 3 is 2.51 bits per heavy atom. The molecule has 0 saturated heterocycles. The van der Waals surface area contributed by atoms with Crippen molar-refractivity contribution < 1.29 is 9.53 Å². The normalized spacial score (nSPS) is 11.4. The number of carbonyl (C=O) groups excluding carboxylic acids is 1. The molecule has 0 atom stereocenters. The minimum atomic E-state index is -0.409. The van der Waals surface area contributed by atoms with Gasteiger partial charge in [-0.25, -0.2) is 19.4 Å². The number of aryl methyl sites for hydroxylation is 1. The molecular weight excluding hydrogens is 588 g/mol. The van der Waals surface area contributed by atoms with E-state index in [4.69, 9.17) is 9.84 Å². The van der Waals surface area contributed by atoms with Gasteiger partial charge in [0, 0.05) is 34.6 Å². The Bertz CT molecular complexity index is 1970. The van der Waals surface area contributed by atoms with Crippen molar-refractivity contribution in [1.29, 1.82) is 0 Å². The van der Waals surface area contributed by atoms with Crippen LogP contribution in [0.1, 0.15) is 51.6 Å². The molecule has 0 fully saturated rings. The molecule has 5 aromatic rings. The molecule has 2 amide bonds. The Labute approximate surface area is 275 Å². The molecule has 0 spiro atoms. The molecule has 2 aromatic carbocycles. The first-order valence-electron chi connectivity index (χ1n) is 15.4. The van der Waals surface area contributed by atoms with Crippen LogP contribution >= 0.6 is 0 Å². The van der Waals surface area contributed by atoms with Gasteiger partial charge in [0.05, 0.1) is 29.0 Å². The molecule has 0 aliphatic rings. The summed E-state index contributed by atoms with van der Waals surface area (Å²) in [7, 11) is 0. The van der Waals surface area contributed by atoms with Crippen LogP contribution < -0.4 is 20.7 Å². The maximum absolute atomic E-state index is 13.3. The SMILES string of the molecule is C=C(C)C=CC(=C)n1nc(C(C)(C)C)cc1NC(=O)Nc1ccc(OCc2ccnc(Nc3cncc(CC)n3)c2)c2ccccc12. The highest BCUT2D eigenvalue weighted by molar-refractivity contribution is 6.07. The van der Waals surface area contributed by atoms with Gasteiger partial charge in [-0.05, 0) is 49.2 Å². The fraction of sp³-hybridized carbons (Fsp3) is 0.216.